The van der Waals surface area contributed by atoms with Gasteiger partial charge in [0, 0.05) is 33.6 Å². The smallest absolute Gasteiger partial charge is 0.311 e. The summed E-state index contributed by atoms with van der Waals surface area (Å²) in [6.45, 7) is 21.2. The molecule has 0 rings (SSSR count). The van der Waals surface area contributed by atoms with Crippen LogP contribution in [0.3, 0.4) is 0 Å². The van der Waals surface area contributed by atoms with E-state index in [1.165, 1.54) is 34.4 Å². The summed E-state index contributed by atoms with van der Waals surface area (Å²) in [5.41, 5.74) is 0.801. The lowest BCUT2D eigenvalue weighted by Crippen LogP contribution is -2.74. The number of hydrogen-bond donors (Lipinski definition) is 0. The lowest BCUT2D eigenvalue weighted by Gasteiger charge is -2.57. The Morgan fingerprint density at radius 1 is 0.771 bits per heavy atom. The van der Waals surface area contributed by atoms with E-state index in [9.17, 15) is 0 Å². The minimum Gasteiger partial charge on any atom is -0.438 e. The van der Waals surface area contributed by atoms with Crippen molar-refractivity contribution in [3.8, 4) is 0 Å². The van der Waals surface area contributed by atoms with Gasteiger partial charge in [0.05, 0.1) is 111 Å². The van der Waals surface area contributed by atoms with Gasteiger partial charge in [0.25, 0.3) is 0 Å². The van der Waals surface area contributed by atoms with Gasteiger partial charge in [0.2, 0.25) is 0 Å². The summed E-state index contributed by atoms with van der Waals surface area (Å²) < 4.78 is 14.8. The van der Waals surface area contributed by atoms with Crippen LogP contribution >= 0.6 is 0 Å². The van der Waals surface area contributed by atoms with Gasteiger partial charge < -0.3 is 8.23 Å². The molecule has 0 N–H and O–H groups in total. The van der Waals surface area contributed by atoms with Crippen molar-refractivity contribution in [1.29, 1.82) is 0 Å². The summed E-state index contributed by atoms with van der Waals surface area (Å²) in [5.74, 6) is 1.24. The maximum absolute atomic E-state index is 7.37. The van der Waals surface area contributed by atoms with E-state index in [0.29, 0.717) is 19.5 Å². The van der Waals surface area contributed by atoms with Crippen molar-refractivity contribution in [1.82, 2.24) is 0 Å². The van der Waals surface area contributed by atoms with Gasteiger partial charge >= 0.3 is 8.56 Å². The lowest BCUT2D eigenvalue weighted by molar-refractivity contribution is 0.390. The molecule has 172 valence electrons. The largest absolute Gasteiger partial charge is 0.438 e. The second-order valence-corrected chi connectivity index (χ2v) is 26.6. The molecule has 0 aromatic rings. The summed E-state index contributed by atoms with van der Waals surface area (Å²) in [6, 6.07) is 0. The van der Waals surface area contributed by atoms with Crippen LogP contribution in [0.2, 0.25) is 62.4 Å². The topological polar surface area (TPSA) is 18.5 Å². The third-order valence-electron chi connectivity index (χ3n) is 9.81. The molecular weight excluding hydrogens is 453 g/mol. The van der Waals surface area contributed by atoms with E-state index in [1.807, 2.05) is 0 Å². The van der Waals surface area contributed by atoms with E-state index in [-0.39, 0.29) is 4.74 Å². The first-order valence-corrected chi connectivity index (χ1v) is 24.0. The highest BCUT2D eigenvalue weighted by Crippen LogP contribution is 2.44. The zero-order valence-electron chi connectivity index (χ0n) is 27.4. The first-order chi connectivity index (χ1) is 15.8. The van der Waals surface area contributed by atoms with Gasteiger partial charge in [-0.2, -0.15) is 0 Å². The van der Waals surface area contributed by atoms with Crippen LogP contribution in [-0.2, 0) is 8.23 Å². The number of hydrogen-bond acceptors (Lipinski definition) is 2. The Bertz CT molecular complexity index is 618. The molecular formula is C10H48B20O2Si3. The molecule has 0 aliphatic rings. The molecule has 2 unspecified atom stereocenters. The van der Waals surface area contributed by atoms with E-state index < -0.39 is 25.2 Å². The molecule has 0 fully saturated rings. The van der Waals surface area contributed by atoms with Crippen molar-refractivity contribution in [3.05, 3.63) is 0 Å². The van der Waals surface area contributed by atoms with E-state index in [1.54, 1.807) is 0 Å². The molecule has 35 heavy (non-hydrogen) atoms. The molecule has 0 radical (unpaired) electrons. The van der Waals surface area contributed by atoms with Crippen LogP contribution in [0.25, 0.3) is 0 Å². The quantitative estimate of drug-likeness (QED) is 0.185. The summed E-state index contributed by atoms with van der Waals surface area (Å²) in [5, 5.41) is 0. The van der Waals surface area contributed by atoms with Gasteiger partial charge in [-0.15, -0.1) is 10.4 Å². The molecule has 0 aliphatic heterocycles. The minimum absolute atomic E-state index is 0.255. The summed E-state index contributed by atoms with van der Waals surface area (Å²) in [6.07, 6.45) is 0. The van der Waals surface area contributed by atoms with Gasteiger partial charge in [0.1, 0.15) is 0 Å². The molecule has 0 amide bonds. The first-order valence-electron chi connectivity index (χ1n) is 15.2. The van der Waals surface area contributed by atoms with E-state index in [2.05, 4.69) is 123 Å². The molecule has 0 heterocycles. The van der Waals surface area contributed by atoms with Crippen LogP contribution in [-0.4, -0.2) is 170 Å². The van der Waals surface area contributed by atoms with E-state index in [4.69, 9.17) is 8.23 Å². The van der Waals surface area contributed by atoms with E-state index in [0.717, 1.165) is 25.1 Å². The Labute approximate surface area is 239 Å². The molecule has 0 saturated heterocycles. The Kier molecular flexibility index (Phi) is 15.8. The monoisotopic (exact) mass is 504 g/mol. The molecule has 0 aromatic heterocycles. The molecule has 0 aromatic carbocycles. The Morgan fingerprint density at radius 2 is 1.29 bits per heavy atom. The Hall–Kier alpha value is 1.87. The second-order valence-electron chi connectivity index (χ2n) is 14.3. The van der Waals surface area contributed by atoms with Gasteiger partial charge in [0.15, 0.2) is 16.6 Å². The predicted molar refractivity (Wildman–Crippen MR) is 220 cm³/mol. The van der Waals surface area contributed by atoms with Crippen LogP contribution in [0, 0.1) is 0 Å². The molecule has 25 heteroatoms. The Balaban J connectivity index is 5.75. The van der Waals surface area contributed by atoms with Crippen molar-refractivity contribution in [2.24, 2.45) is 0 Å². The highest BCUT2D eigenvalue weighted by Gasteiger charge is 2.58. The van der Waals surface area contributed by atoms with Crippen molar-refractivity contribution in [3.63, 3.8) is 0 Å². The van der Waals surface area contributed by atoms with Gasteiger partial charge in [-0.3, -0.25) is 0 Å². The van der Waals surface area contributed by atoms with Crippen LogP contribution in [0.4, 0.5) is 0 Å². The molecule has 2 atom stereocenters. The molecule has 0 saturated carbocycles. The SMILES string of the molecule is BBB(B)C(B(B)B)B(B)BC[Si](C)(C)O[Si](C)(C)O[Si](C)(C)C(B(B)B)(B(B)BB)B(B)BC. The third kappa shape index (κ3) is 9.78. The molecule has 2 nitrogen and oxygen atoms in total. The van der Waals surface area contributed by atoms with Gasteiger partial charge in [-0.25, -0.2) is 0 Å². The molecule has 0 aliphatic carbocycles. The highest BCUT2D eigenvalue weighted by atomic mass is 28.5. The van der Waals surface area contributed by atoms with E-state index >= 15 is 0 Å². The summed E-state index contributed by atoms with van der Waals surface area (Å²) in [4.78, 5) is 0. The summed E-state index contributed by atoms with van der Waals surface area (Å²) in [7, 11) is 23.2. The van der Waals surface area contributed by atoms with Gasteiger partial charge in [-0.05, 0) is 39.3 Å². The standard InChI is InChI=1S/C10H48B20O2Si3/c1-21-29(19)10(28(17)18,30(20)24-12)34(4,5)32-35(6,7)31-33(2,3)8-22-26(15)9(25(13)14)27(16)23-11/h9,21-24H,8,11-20H2,1-7H3. The number of rotatable bonds is 17. The average molecular weight is 501 g/mol. The van der Waals surface area contributed by atoms with Crippen molar-refractivity contribution < 1.29 is 8.23 Å². The summed E-state index contributed by atoms with van der Waals surface area (Å²) >= 11 is 0. The zero-order valence-corrected chi connectivity index (χ0v) is 30.4. The zero-order chi connectivity index (χ0) is 28.0. The van der Waals surface area contributed by atoms with Crippen molar-refractivity contribution >= 4 is 170 Å². The van der Waals surface area contributed by atoms with Gasteiger partial charge in [-0.1, -0.05) is 12.8 Å². The minimum atomic E-state index is -2.27. The van der Waals surface area contributed by atoms with Crippen molar-refractivity contribution in [2.45, 2.75) is 62.4 Å². The first kappa shape index (κ1) is 36.9. The average Bonchev–Trinajstić information content (AvgIpc) is 2.69. The maximum Gasteiger partial charge on any atom is 0.311 e. The highest BCUT2D eigenvalue weighted by molar-refractivity contribution is 7.65. The second kappa shape index (κ2) is 15.0. The van der Waals surface area contributed by atoms with Crippen LogP contribution < -0.4 is 0 Å². The molecule has 0 bridgehead atoms. The maximum atomic E-state index is 7.37. The third-order valence-corrected chi connectivity index (χ3v) is 23.1. The lowest BCUT2D eigenvalue weighted by atomic mass is 8.79. The van der Waals surface area contributed by atoms with Crippen LogP contribution in [0.5, 0.6) is 0 Å². The fourth-order valence-electron chi connectivity index (χ4n) is 8.54. The molecule has 0 spiro atoms. The van der Waals surface area contributed by atoms with Crippen LogP contribution in [0.1, 0.15) is 0 Å². The predicted octanol–water partition coefficient (Wildman–Crippen LogP) is -10.2. The van der Waals surface area contributed by atoms with Crippen LogP contribution in [0.15, 0.2) is 0 Å². The fraction of sp³-hybridized carbons (Fsp3) is 1.00. The Morgan fingerprint density at radius 3 is 1.66 bits per heavy atom. The van der Waals surface area contributed by atoms with Crippen molar-refractivity contribution in [2.75, 3.05) is 0 Å². The normalized spacial score (nSPS) is 14.6. The fourth-order valence-corrected chi connectivity index (χ4v) is 25.8.